The van der Waals surface area contributed by atoms with Crippen LogP contribution in [0, 0.1) is 5.82 Å². The molecule has 0 bridgehead atoms. The minimum atomic E-state index is -0.419. The summed E-state index contributed by atoms with van der Waals surface area (Å²) < 4.78 is 21.1. The Bertz CT molecular complexity index is 3900. The van der Waals surface area contributed by atoms with Gasteiger partial charge in [-0.1, -0.05) is 170 Å². The number of fused-ring (bicyclic) bond motifs is 9. The molecule has 13 aromatic rings. The molecule has 69 heavy (non-hydrogen) atoms. The van der Waals surface area contributed by atoms with Gasteiger partial charge in [0.1, 0.15) is 11.4 Å². The molecule has 10 aromatic carbocycles. The number of hydrogen-bond donors (Lipinski definition) is 0. The lowest BCUT2D eigenvalue weighted by atomic mass is 9.83. The molecule has 0 saturated heterocycles. The third kappa shape index (κ3) is 6.42. The van der Waals surface area contributed by atoms with Crippen molar-refractivity contribution in [2.24, 2.45) is 0 Å². The quantitative estimate of drug-likeness (QED) is 0.167. The summed E-state index contributed by atoms with van der Waals surface area (Å²) in [6.45, 7) is 0. The summed E-state index contributed by atoms with van der Waals surface area (Å²) in [6, 6.07) is 79.4. The van der Waals surface area contributed by atoms with Crippen molar-refractivity contribution in [2.45, 2.75) is 12.8 Å². The first-order chi connectivity index (χ1) is 34.1. The zero-order valence-corrected chi connectivity index (χ0v) is 37.4. The Hall–Kier alpha value is -8.93. The van der Waals surface area contributed by atoms with Crippen LogP contribution in [0.3, 0.4) is 0 Å². The molecule has 0 unspecified atom stereocenters. The monoisotopic (exact) mass is 884 g/mol. The van der Waals surface area contributed by atoms with Crippen molar-refractivity contribution in [1.29, 1.82) is 0 Å². The van der Waals surface area contributed by atoms with Gasteiger partial charge in [0.25, 0.3) is 0 Å². The molecule has 324 valence electrons. The summed E-state index contributed by atoms with van der Waals surface area (Å²) >= 11 is 0. The SMILES string of the molecule is Fc1c(-c2ccccc2)nc(-c2ccc3c(c2)Cc2cc4ccc(-c5cc(-n6c7ccccc7c7ccccc76)cc(-n6c7ccccc7c7ccccc76)c5)cc4cc2C3)nc1-c1ccccc1. The van der Waals surface area contributed by atoms with Gasteiger partial charge in [0.05, 0.1) is 22.1 Å². The van der Waals surface area contributed by atoms with Gasteiger partial charge in [-0.05, 0) is 112 Å². The highest BCUT2D eigenvalue weighted by molar-refractivity contribution is 6.11. The van der Waals surface area contributed by atoms with Crippen LogP contribution < -0.4 is 0 Å². The number of hydrogen-bond acceptors (Lipinski definition) is 2. The van der Waals surface area contributed by atoms with Crippen molar-refractivity contribution >= 4 is 54.4 Å². The molecule has 3 aromatic heterocycles. The molecule has 1 aliphatic rings. The Balaban J connectivity index is 0.877. The summed E-state index contributed by atoms with van der Waals surface area (Å²) in [5.74, 6) is 0.0924. The van der Waals surface area contributed by atoms with Crippen molar-refractivity contribution in [3.63, 3.8) is 0 Å². The molecule has 0 N–H and O–H groups in total. The van der Waals surface area contributed by atoms with E-state index in [1.54, 1.807) is 0 Å². The standard InChI is InChI=1S/C64H41FN4/c65-61-62(40-15-3-1-4-16-40)66-64(67-63(61)41-17-5-2-6-18-41)45-30-29-43-33-48-35-46-31-44(28-27-42(46)32-49(48)36-47(43)34-45)50-37-51(68-57-23-11-7-19-53(57)54-20-8-12-24-58(54)68)39-52(38-50)69-59-25-13-9-21-55(59)56-22-10-14-26-60(56)69/h1-32,34-35,37-39H,33,36H2. The largest absolute Gasteiger partial charge is 0.309 e. The fourth-order valence-corrected chi connectivity index (χ4v) is 11.0. The molecule has 0 radical (unpaired) electrons. The van der Waals surface area contributed by atoms with E-state index in [0.717, 1.165) is 52.0 Å². The topological polar surface area (TPSA) is 35.6 Å². The lowest BCUT2D eigenvalue weighted by molar-refractivity contribution is 0.623. The maximum absolute atomic E-state index is 16.3. The second kappa shape index (κ2) is 15.6. The molecule has 0 aliphatic heterocycles. The van der Waals surface area contributed by atoms with Crippen LogP contribution in [0.5, 0.6) is 0 Å². The molecular weight excluding hydrogens is 844 g/mol. The van der Waals surface area contributed by atoms with Gasteiger partial charge in [-0.2, -0.15) is 0 Å². The van der Waals surface area contributed by atoms with Gasteiger partial charge in [0.2, 0.25) is 0 Å². The van der Waals surface area contributed by atoms with Crippen molar-refractivity contribution in [1.82, 2.24) is 19.1 Å². The van der Waals surface area contributed by atoms with Crippen LogP contribution in [0.25, 0.3) is 111 Å². The first-order valence-corrected chi connectivity index (χ1v) is 23.6. The predicted octanol–water partition coefficient (Wildman–Crippen LogP) is 16.1. The fraction of sp³-hybridized carbons (Fsp3) is 0.0312. The number of halogens is 1. The van der Waals surface area contributed by atoms with Crippen LogP contribution in [-0.4, -0.2) is 19.1 Å². The van der Waals surface area contributed by atoms with Gasteiger partial charge in [-0.15, -0.1) is 0 Å². The van der Waals surface area contributed by atoms with E-state index in [-0.39, 0.29) is 0 Å². The number of rotatable bonds is 6. The zero-order valence-electron chi connectivity index (χ0n) is 37.4. The molecule has 3 heterocycles. The van der Waals surface area contributed by atoms with E-state index in [9.17, 15) is 0 Å². The van der Waals surface area contributed by atoms with Crippen molar-refractivity contribution < 1.29 is 4.39 Å². The normalized spacial score (nSPS) is 12.3. The lowest BCUT2D eigenvalue weighted by Gasteiger charge is -2.22. The van der Waals surface area contributed by atoms with Crippen molar-refractivity contribution in [2.75, 3.05) is 0 Å². The highest BCUT2D eigenvalue weighted by Gasteiger charge is 2.23. The Kier molecular flexibility index (Phi) is 8.86. The van der Waals surface area contributed by atoms with Crippen LogP contribution in [0.2, 0.25) is 0 Å². The average molecular weight is 885 g/mol. The minimum Gasteiger partial charge on any atom is -0.309 e. The minimum absolute atomic E-state index is 0.301. The van der Waals surface area contributed by atoms with E-state index in [4.69, 9.17) is 9.97 Å². The van der Waals surface area contributed by atoms with Gasteiger partial charge in [-0.3, -0.25) is 0 Å². The van der Waals surface area contributed by atoms with Gasteiger partial charge < -0.3 is 9.13 Å². The third-order valence-corrected chi connectivity index (χ3v) is 14.2. The molecule has 0 fully saturated rings. The first kappa shape index (κ1) is 39.3. The maximum Gasteiger partial charge on any atom is 0.175 e. The summed E-state index contributed by atoms with van der Waals surface area (Å²) in [4.78, 5) is 9.74. The summed E-state index contributed by atoms with van der Waals surface area (Å²) in [7, 11) is 0. The first-order valence-electron chi connectivity index (χ1n) is 23.6. The molecule has 4 nitrogen and oxygen atoms in total. The van der Waals surface area contributed by atoms with Gasteiger partial charge in [0, 0.05) is 49.6 Å². The van der Waals surface area contributed by atoms with Crippen molar-refractivity contribution in [3.05, 3.63) is 253 Å². The van der Waals surface area contributed by atoms with E-state index < -0.39 is 5.82 Å². The smallest absolute Gasteiger partial charge is 0.175 e. The van der Waals surface area contributed by atoms with E-state index >= 15 is 4.39 Å². The Morgan fingerprint density at radius 2 is 0.754 bits per heavy atom. The van der Waals surface area contributed by atoms with Crippen LogP contribution in [0.1, 0.15) is 22.3 Å². The molecule has 0 amide bonds. The Labute approximate surface area is 397 Å². The number of benzene rings is 10. The zero-order chi connectivity index (χ0) is 45.6. The van der Waals surface area contributed by atoms with Crippen LogP contribution >= 0.6 is 0 Å². The second-order valence-corrected chi connectivity index (χ2v) is 18.3. The average Bonchev–Trinajstić information content (AvgIpc) is 3.93. The maximum atomic E-state index is 16.3. The fourth-order valence-electron chi connectivity index (χ4n) is 11.0. The number of para-hydroxylation sites is 4. The lowest BCUT2D eigenvalue weighted by Crippen LogP contribution is -2.08. The highest BCUT2D eigenvalue weighted by atomic mass is 19.1. The molecule has 1 aliphatic carbocycles. The van der Waals surface area contributed by atoms with Gasteiger partial charge in [-0.25, -0.2) is 14.4 Å². The van der Waals surface area contributed by atoms with E-state index in [1.165, 1.54) is 76.6 Å². The molecule has 0 spiro atoms. The molecular formula is C64H41FN4. The predicted molar refractivity (Wildman–Crippen MR) is 282 cm³/mol. The van der Waals surface area contributed by atoms with E-state index in [1.807, 2.05) is 60.7 Å². The van der Waals surface area contributed by atoms with Crippen LogP contribution in [0.15, 0.2) is 224 Å². The third-order valence-electron chi connectivity index (χ3n) is 14.2. The number of aromatic nitrogens is 4. The summed E-state index contributed by atoms with van der Waals surface area (Å²) in [5, 5.41) is 7.38. The van der Waals surface area contributed by atoms with Crippen molar-refractivity contribution in [3.8, 4) is 56.4 Å². The van der Waals surface area contributed by atoms with Gasteiger partial charge in [0.15, 0.2) is 11.6 Å². The van der Waals surface area contributed by atoms with Crippen LogP contribution in [-0.2, 0) is 12.8 Å². The Morgan fingerprint density at radius 3 is 1.28 bits per heavy atom. The summed E-state index contributed by atoms with van der Waals surface area (Å²) in [5.41, 5.74) is 17.4. The summed E-state index contributed by atoms with van der Waals surface area (Å²) in [6.07, 6.45) is 1.61. The second-order valence-electron chi connectivity index (χ2n) is 18.3. The van der Waals surface area contributed by atoms with Gasteiger partial charge >= 0.3 is 0 Å². The molecule has 5 heteroatoms. The molecule has 0 atom stereocenters. The highest BCUT2D eigenvalue weighted by Crippen LogP contribution is 2.40. The Morgan fingerprint density at radius 1 is 0.319 bits per heavy atom. The molecule has 0 saturated carbocycles. The van der Waals surface area contributed by atoms with E-state index in [2.05, 4.69) is 173 Å². The number of nitrogens with zero attached hydrogens (tertiary/aromatic N) is 4. The molecule has 14 rings (SSSR count). The van der Waals surface area contributed by atoms with Crippen LogP contribution in [0.4, 0.5) is 4.39 Å². The van der Waals surface area contributed by atoms with E-state index in [0.29, 0.717) is 17.2 Å².